The highest BCUT2D eigenvalue weighted by Crippen LogP contribution is 2.33. The zero-order valence-electron chi connectivity index (χ0n) is 52.3. The number of nitrogens with one attached hydrogen (secondary N) is 1. The van der Waals surface area contributed by atoms with E-state index in [1.54, 1.807) is 6.08 Å². The SMILES string of the molecule is CCCCCCCCC/C=C/CC/C=C/CC/C=C/C(O)C(COC1OC(CO)C(OC2OC(CO)C(OC3OC(CO)C(O)C(O)C3O)C(O)C2O)C(O)C1O)NC(=O)CCCCCCCCCCCCCCCCCCCCCCCCC. The summed E-state index contributed by atoms with van der Waals surface area (Å²) in [7, 11) is 0. The van der Waals surface area contributed by atoms with Gasteiger partial charge >= 0.3 is 0 Å². The summed E-state index contributed by atoms with van der Waals surface area (Å²) in [5, 5.41) is 120. The minimum atomic E-state index is -1.98. The van der Waals surface area contributed by atoms with Gasteiger partial charge in [-0.3, -0.25) is 4.79 Å². The first-order chi connectivity index (χ1) is 41.3. The van der Waals surface area contributed by atoms with Crippen molar-refractivity contribution in [2.45, 2.75) is 349 Å². The van der Waals surface area contributed by atoms with Crippen LogP contribution in [0.4, 0.5) is 0 Å². The molecule has 19 nitrogen and oxygen atoms in total. The average Bonchev–Trinajstić information content (AvgIpc) is 3.10. The van der Waals surface area contributed by atoms with E-state index in [1.165, 1.54) is 167 Å². The summed E-state index contributed by atoms with van der Waals surface area (Å²) in [6, 6.07) is -0.994. The predicted molar refractivity (Wildman–Crippen MR) is 328 cm³/mol. The van der Waals surface area contributed by atoms with Gasteiger partial charge in [0.1, 0.15) is 73.2 Å². The van der Waals surface area contributed by atoms with E-state index >= 15 is 0 Å². The van der Waals surface area contributed by atoms with E-state index in [2.05, 4.69) is 43.5 Å². The van der Waals surface area contributed by atoms with E-state index in [-0.39, 0.29) is 18.9 Å². The molecule has 3 fully saturated rings. The molecule has 0 aromatic carbocycles. The first kappa shape index (κ1) is 77.3. The summed E-state index contributed by atoms with van der Waals surface area (Å²) in [6.45, 7) is 1.72. The third-order valence-corrected chi connectivity index (χ3v) is 16.9. The molecular weight excluding hydrogens is 1090 g/mol. The predicted octanol–water partition coefficient (Wildman–Crippen LogP) is 8.05. The summed E-state index contributed by atoms with van der Waals surface area (Å²) in [4.78, 5) is 13.4. The monoisotopic (exact) mass is 1220 g/mol. The van der Waals surface area contributed by atoms with Crippen molar-refractivity contribution in [2.75, 3.05) is 26.4 Å². The van der Waals surface area contributed by atoms with Crippen LogP contribution < -0.4 is 5.32 Å². The molecule has 3 aliphatic rings. The summed E-state index contributed by atoms with van der Waals surface area (Å²) in [5.74, 6) is -0.286. The van der Waals surface area contributed by atoms with Crippen molar-refractivity contribution in [3.05, 3.63) is 36.5 Å². The van der Waals surface area contributed by atoms with Crippen LogP contribution in [0, 0.1) is 0 Å². The van der Waals surface area contributed by atoms with Crippen molar-refractivity contribution in [1.29, 1.82) is 0 Å². The second-order valence-electron chi connectivity index (χ2n) is 24.3. The number of carbonyl (C=O) groups is 1. The van der Waals surface area contributed by atoms with Crippen LogP contribution in [0.15, 0.2) is 36.5 Å². The molecule has 0 bridgehead atoms. The van der Waals surface area contributed by atoms with Gasteiger partial charge in [-0.25, -0.2) is 0 Å². The van der Waals surface area contributed by atoms with Crippen molar-refractivity contribution in [2.24, 2.45) is 0 Å². The van der Waals surface area contributed by atoms with Gasteiger partial charge < -0.3 is 89.9 Å². The minimum Gasteiger partial charge on any atom is -0.394 e. The number of allylic oxidation sites excluding steroid dienone is 5. The number of unbranched alkanes of at least 4 members (excludes halogenated alkanes) is 31. The van der Waals surface area contributed by atoms with E-state index in [1.807, 2.05) is 6.08 Å². The number of aliphatic hydroxyl groups is 11. The first-order valence-corrected chi connectivity index (χ1v) is 33.7. The number of rotatable bonds is 51. The van der Waals surface area contributed by atoms with E-state index < -0.39 is 124 Å². The summed E-state index contributed by atoms with van der Waals surface area (Å²) in [6.07, 6.45) is 28.4. The quantitative estimate of drug-likeness (QED) is 0.0202. The normalized spacial score (nSPS) is 29.2. The third-order valence-electron chi connectivity index (χ3n) is 16.9. The topological polar surface area (TPSA) is 307 Å². The van der Waals surface area contributed by atoms with Crippen LogP contribution in [0.3, 0.4) is 0 Å². The van der Waals surface area contributed by atoms with E-state index in [4.69, 9.17) is 28.4 Å². The molecule has 0 saturated carbocycles. The molecule has 17 unspecified atom stereocenters. The number of aliphatic hydroxyl groups excluding tert-OH is 11. The van der Waals surface area contributed by atoms with E-state index in [0.717, 1.165) is 44.9 Å². The van der Waals surface area contributed by atoms with E-state index in [9.17, 15) is 61.0 Å². The van der Waals surface area contributed by atoms with Crippen LogP contribution in [0.2, 0.25) is 0 Å². The molecule has 3 heterocycles. The van der Waals surface area contributed by atoms with Gasteiger partial charge in [0, 0.05) is 6.42 Å². The zero-order valence-corrected chi connectivity index (χ0v) is 52.3. The molecule has 0 radical (unpaired) electrons. The van der Waals surface area contributed by atoms with Gasteiger partial charge in [0.25, 0.3) is 0 Å². The standard InChI is InChI=1S/C66H121NO18/c1-3-5-7-9-11-13-15-17-19-21-22-23-24-25-26-28-30-32-34-36-38-40-42-44-54(72)67-49(50(71)43-41-39-37-35-33-31-29-27-20-18-16-14-12-10-8-6-4-2)48-80-64-60(78)57(75)62(52(46-69)82-64)85-66-61(79)58(76)63(53(47-70)83-66)84-65-59(77)56(74)55(73)51(45-68)81-65/h20,27,33,35,41,43,49-53,55-66,68-71,73-79H,3-19,21-26,28-32,34,36-40,42,44-48H2,1-2H3,(H,67,72)/b27-20+,35-33+,43-41+. The minimum absolute atomic E-state index is 0.236. The summed E-state index contributed by atoms with van der Waals surface area (Å²) >= 11 is 0. The fourth-order valence-electron chi connectivity index (χ4n) is 11.4. The number of ether oxygens (including phenoxy) is 6. The van der Waals surface area contributed by atoms with Crippen molar-refractivity contribution < 1.29 is 89.4 Å². The van der Waals surface area contributed by atoms with Gasteiger partial charge in [-0.2, -0.15) is 0 Å². The Bertz CT molecular complexity index is 1690. The van der Waals surface area contributed by atoms with Gasteiger partial charge in [-0.05, 0) is 44.9 Å². The van der Waals surface area contributed by atoms with Crippen LogP contribution in [0.5, 0.6) is 0 Å². The molecule has 17 atom stereocenters. The number of carbonyl (C=O) groups excluding carboxylic acids is 1. The van der Waals surface area contributed by atoms with Crippen LogP contribution in [-0.4, -0.2) is 193 Å². The number of hydrogen-bond acceptors (Lipinski definition) is 18. The largest absolute Gasteiger partial charge is 0.394 e. The third kappa shape index (κ3) is 31.5. The molecule has 12 N–H and O–H groups in total. The van der Waals surface area contributed by atoms with Crippen molar-refractivity contribution in [3.8, 4) is 0 Å². The Balaban J connectivity index is 1.46. The van der Waals surface area contributed by atoms with E-state index in [0.29, 0.717) is 12.8 Å². The molecule has 3 saturated heterocycles. The Kier molecular flexibility index (Phi) is 44.4. The fourth-order valence-corrected chi connectivity index (χ4v) is 11.4. The van der Waals surface area contributed by atoms with Crippen molar-refractivity contribution in [1.82, 2.24) is 5.32 Å². The molecule has 0 spiro atoms. The Hall–Kier alpha value is -1.99. The molecular formula is C66H121NO18. The van der Waals surface area contributed by atoms with Crippen LogP contribution >= 0.6 is 0 Å². The highest BCUT2D eigenvalue weighted by molar-refractivity contribution is 5.76. The lowest BCUT2D eigenvalue weighted by Gasteiger charge is -2.48. The average molecular weight is 1220 g/mol. The molecule has 85 heavy (non-hydrogen) atoms. The molecule has 0 aromatic heterocycles. The lowest BCUT2D eigenvalue weighted by Crippen LogP contribution is -2.66. The van der Waals surface area contributed by atoms with Crippen LogP contribution in [0.25, 0.3) is 0 Å². The molecule has 19 heteroatoms. The summed E-state index contributed by atoms with van der Waals surface area (Å²) in [5.41, 5.74) is 0. The molecule has 3 aliphatic heterocycles. The second kappa shape index (κ2) is 48.8. The molecule has 3 rings (SSSR count). The maximum absolute atomic E-state index is 13.4. The van der Waals surface area contributed by atoms with Gasteiger partial charge in [0.15, 0.2) is 18.9 Å². The van der Waals surface area contributed by atoms with Gasteiger partial charge in [0.05, 0.1) is 38.6 Å². The van der Waals surface area contributed by atoms with Crippen LogP contribution in [-0.2, 0) is 33.2 Å². The smallest absolute Gasteiger partial charge is 0.220 e. The van der Waals surface area contributed by atoms with Crippen molar-refractivity contribution in [3.63, 3.8) is 0 Å². The second-order valence-corrected chi connectivity index (χ2v) is 24.3. The van der Waals surface area contributed by atoms with Gasteiger partial charge in [-0.1, -0.05) is 230 Å². The Morgan fingerprint density at radius 1 is 0.412 bits per heavy atom. The van der Waals surface area contributed by atoms with Gasteiger partial charge in [-0.15, -0.1) is 0 Å². The lowest BCUT2D eigenvalue weighted by atomic mass is 9.96. The number of amides is 1. The van der Waals surface area contributed by atoms with Crippen LogP contribution in [0.1, 0.15) is 245 Å². The van der Waals surface area contributed by atoms with Gasteiger partial charge in [0.2, 0.25) is 5.91 Å². The Morgan fingerprint density at radius 2 is 0.753 bits per heavy atom. The zero-order chi connectivity index (χ0) is 61.9. The first-order valence-electron chi connectivity index (χ1n) is 33.7. The molecule has 498 valence electrons. The fraction of sp³-hybridized carbons (Fsp3) is 0.894. The van der Waals surface area contributed by atoms with Crippen molar-refractivity contribution >= 4 is 5.91 Å². The number of hydrogen-bond donors (Lipinski definition) is 12. The Labute approximate surface area is 511 Å². The Morgan fingerprint density at radius 3 is 1.18 bits per heavy atom. The maximum atomic E-state index is 13.4. The molecule has 0 aliphatic carbocycles. The highest BCUT2D eigenvalue weighted by atomic mass is 16.8. The highest BCUT2D eigenvalue weighted by Gasteiger charge is 2.53. The summed E-state index contributed by atoms with van der Waals surface area (Å²) < 4.78 is 34.3. The molecule has 1 amide bonds. The molecule has 0 aromatic rings. The lowest BCUT2D eigenvalue weighted by molar-refractivity contribution is -0.379. The maximum Gasteiger partial charge on any atom is 0.220 e.